The van der Waals surface area contributed by atoms with E-state index in [0.717, 1.165) is 11.1 Å². The maximum absolute atomic E-state index is 12.9. The number of hydrogen-bond donors (Lipinski definition) is 4. The molecule has 3 rings (SSSR count). The summed E-state index contributed by atoms with van der Waals surface area (Å²) in [6.45, 7) is 1.87. The molecule has 1 unspecified atom stereocenters. The third-order valence-corrected chi connectivity index (χ3v) is 5.29. The highest BCUT2D eigenvalue weighted by Gasteiger charge is 2.27. The van der Waals surface area contributed by atoms with Crippen LogP contribution in [-0.4, -0.2) is 37.2 Å². The number of hydrogen-bond acceptors (Lipinski definition) is 6. The van der Waals surface area contributed by atoms with E-state index in [1.54, 1.807) is 24.3 Å². The third kappa shape index (κ3) is 7.25. The maximum atomic E-state index is 12.9. The average molecular weight is 508 g/mol. The molecule has 0 heterocycles. The van der Waals surface area contributed by atoms with Gasteiger partial charge in [-0.3, -0.25) is 5.41 Å². The van der Waals surface area contributed by atoms with Crippen LogP contribution >= 0.6 is 12.4 Å². The second kappa shape index (κ2) is 13.8. The number of methoxy groups -OCH3 is 1. The van der Waals surface area contributed by atoms with Gasteiger partial charge in [0.1, 0.15) is 18.2 Å². The molecule has 8 heteroatoms. The van der Waals surface area contributed by atoms with Crippen LogP contribution in [0.2, 0.25) is 0 Å². The van der Waals surface area contributed by atoms with E-state index in [4.69, 9.17) is 20.6 Å². The number of benzene rings is 3. The number of amidine groups is 1. The van der Waals surface area contributed by atoms with E-state index >= 15 is 0 Å². The van der Waals surface area contributed by atoms with Gasteiger partial charge in [-0.1, -0.05) is 37.0 Å². The van der Waals surface area contributed by atoms with Gasteiger partial charge in [0.25, 0.3) is 0 Å². The van der Waals surface area contributed by atoms with Gasteiger partial charge in [-0.2, -0.15) is 0 Å². The first-order valence-corrected chi connectivity index (χ1v) is 11.2. The van der Waals surface area contributed by atoms with E-state index in [0.29, 0.717) is 34.5 Å². The molecule has 0 saturated heterocycles. The number of aliphatic hydroxyl groups excluding tert-OH is 1. The predicted octanol–water partition coefficient (Wildman–Crippen LogP) is 4.05. The van der Waals surface area contributed by atoms with Crippen LogP contribution in [0, 0.1) is 17.3 Å². The summed E-state index contributed by atoms with van der Waals surface area (Å²) in [5.41, 5.74) is 9.74. The Bertz CT molecular complexity index is 1240. The van der Waals surface area contributed by atoms with E-state index in [1.165, 1.54) is 7.11 Å². The number of ether oxygens (including phenoxy) is 2. The smallest absolute Gasteiger partial charge is 0.333 e. The molecule has 1 atom stereocenters. The first-order valence-electron chi connectivity index (χ1n) is 11.2. The molecular formula is C28H30ClN3O4. The number of aryl methyl sites for hydroxylation is 1. The Kier molecular flexibility index (Phi) is 10.8. The lowest BCUT2D eigenvalue weighted by atomic mass is 9.96. The molecule has 3 aromatic carbocycles. The fourth-order valence-corrected chi connectivity index (χ4v) is 3.49. The number of nitrogen functional groups attached to an aromatic ring is 1. The van der Waals surface area contributed by atoms with Crippen molar-refractivity contribution in [3.8, 4) is 17.6 Å². The topological polar surface area (TPSA) is 118 Å². The van der Waals surface area contributed by atoms with Gasteiger partial charge in [0.05, 0.1) is 19.3 Å². The number of anilines is 1. The zero-order valence-corrected chi connectivity index (χ0v) is 21.0. The number of carbonyl (C=O) groups excluding carboxylic acids is 1. The van der Waals surface area contributed by atoms with Crippen LogP contribution in [0.3, 0.4) is 0 Å². The summed E-state index contributed by atoms with van der Waals surface area (Å²) in [6.07, 6.45) is 0.717. The zero-order valence-electron chi connectivity index (χ0n) is 20.2. The summed E-state index contributed by atoms with van der Waals surface area (Å²) >= 11 is 0. The van der Waals surface area contributed by atoms with Crippen molar-refractivity contribution in [2.45, 2.75) is 19.4 Å². The molecule has 36 heavy (non-hydrogen) atoms. The third-order valence-electron chi connectivity index (χ3n) is 5.29. The summed E-state index contributed by atoms with van der Waals surface area (Å²) in [7, 11) is 1.32. The van der Waals surface area contributed by atoms with E-state index < -0.39 is 12.0 Å². The van der Waals surface area contributed by atoms with Crippen LogP contribution in [0.5, 0.6) is 5.75 Å². The van der Waals surface area contributed by atoms with Crippen molar-refractivity contribution in [1.29, 1.82) is 5.41 Å². The minimum absolute atomic E-state index is 0. The van der Waals surface area contributed by atoms with E-state index in [9.17, 15) is 9.90 Å². The fourth-order valence-electron chi connectivity index (χ4n) is 3.49. The van der Waals surface area contributed by atoms with Gasteiger partial charge in [0.2, 0.25) is 0 Å². The van der Waals surface area contributed by atoms with E-state index in [-0.39, 0.29) is 31.5 Å². The van der Waals surface area contributed by atoms with Crippen LogP contribution in [0.15, 0.2) is 66.7 Å². The van der Waals surface area contributed by atoms with Gasteiger partial charge in [-0.25, -0.2) is 4.79 Å². The Morgan fingerprint density at radius 2 is 1.81 bits per heavy atom. The Morgan fingerprint density at radius 3 is 2.39 bits per heavy atom. The molecule has 0 radical (unpaired) electrons. The molecule has 0 aliphatic heterocycles. The van der Waals surface area contributed by atoms with Crippen molar-refractivity contribution in [2.24, 2.45) is 5.73 Å². The second-order valence-electron chi connectivity index (χ2n) is 7.69. The molecule has 188 valence electrons. The molecular weight excluding hydrogens is 478 g/mol. The molecule has 0 fully saturated rings. The molecule has 0 amide bonds. The lowest BCUT2D eigenvalue weighted by Gasteiger charge is -2.23. The zero-order chi connectivity index (χ0) is 25.2. The van der Waals surface area contributed by atoms with Crippen LogP contribution < -0.4 is 15.8 Å². The number of halogens is 1. The number of carbonyl (C=O) groups is 1. The molecule has 5 N–H and O–H groups in total. The monoisotopic (exact) mass is 507 g/mol. The van der Waals surface area contributed by atoms with Crippen molar-refractivity contribution >= 4 is 29.9 Å². The molecule has 7 nitrogen and oxygen atoms in total. The van der Waals surface area contributed by atoms with Crippen LogP contribution in [0.4, 0.5) is 5.69 Å². The summed E-state index contributed by atoms with van der Waals surface area (Å²) in [5, 5.41) is 20.2. The first kappa shape index (κ1) is 28.2. The van der Waals surface area contributed by atoms with Crippen molar-refractivity contribution in [3.63, 3.8) is 0 Å². The van der Waals surface area contributed by atoms with Gasteiger partial charge in [-0.15, -0.1) is 12.4 Å². The minimum atomic E-state index is -0.902. The van der Waals surface area contributed by atoms with E-state index in [2.05, 4.69) is 17.2 Å². The lowest BCUT2D eigenvalue weighted by Crippen LogP contribution is -2.24. The number of esters is 1. The number of aliphatic hydroxyl groups is 1. The molecule has 0 bridgehead atoms. The number of nitrogens with two attached hydrogens (primary N) is 1. The van der Waals surface area contributed by atoms with Gasteiger partial charge in [-0.05, 0) is 60.5 Å². The molecule has 0 spiro atoms. The minimum Gasteiger partial charge on any atom is -0.489 e. The normalized spacial score (nSPS) is 10.8. The summed E-state index contributed by atoms with van der Waals surface area (Å²) in [4.78, 5) is 12.9. The lowest BCUT2D eigenvalue weighted by molar-refractivity contribution is -0.141. The maximum Gasteiger partial charge on any atom is 0.333 e. The Balaban J connectivity index is 0.00000456. The van der Waals surface area contributed by atoms with Gasteiger partial charge in [0.15, 0.2) is 6.04 Å². The molecule has 0 aliphatic rings. The van der Waals surface area contributed by atoms with Crippen LogP contribution in [0.1, 0.15) is 40.8 Å². The Morgan fingerprint density at radius 1 is 1.11 bits per heavy atom. The fraction of sp³-hybridized carbons (Fsp3) is 0.214. The molecule has 0 aliphatic carbocycles. The molecule has 0 saturated carbocycles. The first-order chi connectivity index (χ1) is 17.0. The SMILES string of the molecule is CCc1cc(C#Cc2ccccc2)c(OCCO)c(C(Nc2ccc(C(=N)N)cc2)C(=O)OC)c1.Cl. The van der Waals surface area contributed by atoms with Gasteiger partial charge in [0, 0.05) is 22.4 Å². The van der Waals surface area contributed by atoms with Gasteiger partial charge >= 0.3 is 5.97 Å². The van der Waals surface area contributed by atoms with Crippen LogP contribution in [-0.2, 0) is 16.0 Å². The average Bonchev–Trinajstić information content (AvgIpc) is 2.89. The highest BCUT2D eigenvalue weighted by molar-refractivity contribution is 5.95. The van der Waals surface area contributed by atoms with Crippen molar-refractivity contribution in [1.82, 2.24) is 0 Å². The summed E-state index contributed by atoms with van der Waals surface area (Å²) < 4.78 is 11.0. The summed E-state index contributed by atoms with van der Waals surface area (Å²) in [6, 6.07) is 19.4. The van der Waals surface area contributed by atoms with Crippen molar-refractivity contribution < 1.29 is 19.4 Å². The van der Waals surface area contributed by atoms with Crippen LogP contribution in [0.25, 0.3) is 0 Å². The highest BCUT2D eigenvalue weighted by atomic mass is 35.5. The number of rotatable bonds is 9. The standard InChI is InChI=1S/C28H29N3O4.ClH/c1-3-19-17-22(10-9-20-7-5-4-6-8-20)26(35-16-15-32)24(18-19)25(28(33)34-2)31-23-13-11-21(12-14-23)27(29)30;/h4-8,11-14,17-18,25,31-32H,3,15-16H2,1-2H3,(H3,29,30);1H. The Hall–Kier alpha value is -3.99. The van der Waals surface area contributed by atoms with Gasteiger partial charge < -0.3 is 25.6 Å². The Labute approximate surface area is 217 Å². The predicted molar refractivity (Wildman–Crippen MR) is 144 cm³/mol. The van der Waals surface area contributed by atoms with E-state index in [1.807, 2.05) is 49.4 Å². The molecule has 3 aromatic rings. The quantitative estimate of drug-likeness (QED) is 0.150. The molecule has 0 aromatic heterocycles. The highest BCUT2D eigenvalue weighted by Crippen LogP contribution is 2.34. The van der Waals surface area contributed by atoms with Crippen molar-refractivity contribution in [3.05, 3.63) is 94.5 Å². The van der Waals surface area contributed by atoms with Crippen molar-refractivity contribution in [2.75, 3.05) is 25.6 Å². The number of nitrogens with one attached hydrogen (secondary N) is 2. The largest absolute Gasteiger partial charge is 0.489 e. The summed E-state index contributed by atoms with van der Waals surface area (Å²) in [5.74, 6) is 6.17. The second-order valence-corrected chi connectivity index (χ2v) is 7.69.